The first-order valence-corrected chi connectivity index (χ1v) is 11.6. The highest BCUT2D eigenvalue weighted by Gasteiger charge is 2.30. The number of alkyl halides is 3. The van der Waals surface area contributed by atoms with Gasteiger partial charge in [-0.05, 0) is 41.5 Å². The van der Waals surface area contributed by atoms with Crippen molar-refractivity contribution in [3.63, 3.8) is 0 Å². The number of benzene rings is 3. The Morgan fingerprint density at radius 3 is 2.21 bits per heavy atom. The van der Waals surface area contributed by atoms with Gasteiger partial charge in [-0.2, -0.15) is 13.2 Å². The van der Waals surface area contributed by atoms with Crippen LogP contribution in [-0.2, 0) is 27.5 Å². The molecular formula is C22H18ClF3N2O5S. The van der Waals surface area contributed by atoms with Crippen molar-refractivity contribution in [1.29, 1.82) is 0 Å². The molecule has 3 aromatic rings. The maximum Gasteiger partial charge on any atom is 0.416 e. The Kier molecular flexibility index (Phi) is 7.93. The van der Waals surface area contributed by atoms with E-state index in [1.165, 1.54) is 24.3 Å². The molecule has 180 valence electrons. The molecule has 0 aliphatic heterocycles. The summed E-state index contributed by atoms with van der Waals surface area (Å²) in [4.78, 5) is 9.91. The third kappa shape index (κ3) is 6.54. The Labute approximate surface area is 198 Å². The van der Waals surface area contributed by atoms with Gasteiger partial charge in [-0.3, -0.25) is 10.1 Å². The zero-order valence-corrected chi connectivity index (χ0v) is 18.9. The van der Waals surface area contributed by atoms with Crippen molar-refractivity contribution in [2.24, 2.45) is 0 Å². The van der Waals surface area contributed by atoms with Crippen molar-refractivity contribution >= 4 is 27.3 Å². The number of sulfonamides is 1. The molecule has 12 heteroatoms. The third-order valence-corrected chi connectivity index (χ3v) is 6.51. The SMILES string of the molecule is O=[N+]([O-])c1ccccc1S(=O)(=O)NCC(OCc1ccc(C(F)(F)F)cc1)c1ccc(Cl)cc1. The van der Waals surface area contributed by atoms with Crippen molar-refractivity contribution < 1.29 is 31.2 Å². The molecule has 3 aromatic carbocycles. The second kappa shape index (κ2) is 10.5. The van der Waals surface area contributed by atoms with Gasteiger partial charge < -0.3 is 4.74 Å². The standard InChI is InChI=1S/C22H18ClF3N2O5S/c23-18-11-7-16(8-12-18)20(33-14-15-5-9-17(10-6-15)22(24,25)26)13-27-34(31,32)21-4-2-1-3-19(21)28(29)30/h1-12,20,27H,13-14H2. The van der Waals surface area contributed by atoms with Crippen LogP contribution in [0.3, 0.4) is 0 Å². The lowest BCUT2D eigenvalue weighted by molar-refractivity contribution is -0.387. The number of nitrogens with zero attached hydrogens (tertiary/aromatic N) is 1. The highest BCUT2D eigenvalue weighted by atomic mass is 35.5. The van der Waals surface area contributed by atoms with Gasteiger partial charge in [0.1, 0.15) is 0 Å². The van der Waals surface area contributed by atoms with E-state index in [4.69, 9.17) is 16.3 Å². The van der Waals surface area contributed by atoms with Crippen molar-refractivity contribution in [2.45, 2.75) is 23.8 Å². The molecule has 0 aliphatic rings. The minimum absolute atomic E-state index is 0.112. The Hall–Kier alpha value is -2.99. The predicted octanol–water partition coefficient (Wildman–Crippen LogP) is 5.50. The first-order chi connectivity index (χ1) is 16.0. The van der Waals surface area contributed by atoms with Gasteiger partial charge in [0.15, 0.2) is 4.90 Å². The number of para-hydroxylation sites is 1. The van der Waals surface area contributed by atoms with Crippen LogP contribution in [0.4, 0.5) is 18.9 Å². The number of hydrogen-bond acceptors (Lipinski definition) is 5. The lowest BCUT2D eigenvalue weighted by atomic mass is 10.1. The van der Waals surface area contributed by atoms with E-state index >= 15 is 0 Å². The van der Waals surface area contributed by atoms with Gasteiger partial charge in [0, 0.05) is 17.6 Å². The minimum Gasteiger partial charge on any atom is -0.367 e. The Morgan fingerprint density at radius 2 is 1.62 bits per heavy atom. The molecule has 0 aliphatic carbocycles. The number of rotatable bonds is 9. The molecule has 3 rings (SSSR count). The van der Waals surface area contributed by atoms with E-state index in [0.29, 0.717) is 16.1 Å². The fourth-order valence-electron chi connectivity index (χ4n) is 3.04. The first kappa shape index (κ1) is 25.6. The molecule has 34 heavy (non-hydrogen) atoms. The van der Waals surface area contributed by atoms with Crippen LogP contribution < -0.4 is 4.72 Å². The minimum atomic E-state index is -4.47. The molecular weight excluding hydrogens is 497 g/mol. The van der Waals surface area contributed by atoms with E-state index in [1.807, 2.05) is 0 Å². The maximum absolute atomic E-state index is 12.8. The molecule has 0 spiro atoms. The number of nitrogens with one attached hydrogen (secondary N) is 1. The number of nitro groups is 1. The molecule has 0 saturated heterocycles. The van der Waals surface area contributed by atoms with Crippen molar-refractivity contribution in [2.75, 3.05) is 6.54 Å². The molecule has 0 radical (unpaired) electrons. The van der Waals surface area contributed by atoms with Gasteiger partial charge in [0.2, 0.25) is 10.0 Å². The van der Waals surface area contributed by atoms with Crippen LogP contribution in [0.15, 0.2) is 77.7 Å². The normalized spacial score (nSPS) is 12.9. The summed E-state index contributed by atoms with van der Waals surface area (Å²) < 4.78 is 71.9. The second-order valence-corrected chi connectivity index (χ2v) is 9.29. The fourth-order valence-corrected chi connectivity index (χ4v) is 4.36. The molecule has 0 heterocycles. The highest BCUT2D eigenvalue weighted by molar-refractivity contribution is 7.89. The summed E-state index contributed by atoms with van der Waals surface area (Å²) in [5.41, 5.74) is -0.401. The van der Waals surface area contributed by atoms with Crippen LogP contribution in [-0.4, -0.2) is 19.9 Å². The summed E-state index contributed by atoms with van der Waals surface area (Å²) >= 11 is 5.91. The largest absolute Gasteiger partial charge is 0.416 e. The van der Waals surface area contributed by atoms with Crippen LogP contribution in [0.2, 0.25) is 5.02 Å². The number of ether oxygens (including phenoxy) is 1. The number of nitro benzene ring substituents is 1. The average molecular weight is 515 g/mol. The summed E-state index contributed by atoms with van der Waals surface area (Å²) in [6, 6.07) is 15.6. The average Bonchev–Trinajstić information content (AvgIpc) is 2.79. The Bertz CT molecular complexity index is 1250. The Morgan fingerprint density at radius 1 is 1.00 bits per heavy atom. The van der Waals surface area contributed by atoms with Gasteiger partial charge in [-0.15, -0.1) is 0 Å². The van der Waals surface area contributed by atoms with Gasteiger partial charge in [-0.25, -0.2) is 13.1 Å². The van der Waals surface area contributed by atoms with E-state index in [2.05, 4.69) is 4.72 Å². The molecule has 0 amide bonds. The highest BCUT2D eigenvalue weighted by Crippen LogP contribution is 2.30. The van der Waals surface area contributed by atoms with Gasteiger partial charge in [0.05, 0.1) is 23.2 Å². The molecule has 1 N–H and O–H groups in total. The van der Waals surface area contributed by atoms with Crippen LogP contribution in [0.1, 0.15) is 22.8 Å². The molecule has 0 saturated carbocycles. The summed E-state index contributed by atoms with van der Waals surface area (Å²) in [7, 11) is -4.27. The number of hydrogen-bond donors (Lipinski definition) is 1. The fraction of sp³-hybridized carbons (Fsp3) is 0.182. The van der Waals surface area contributed by atoms with E-state index in [-0.39, 0.29) is 13.2 Å². The van der Waals surface area contributed by atoms with Crippen molar-refractivity contribution in [3.8, 4) is 0 Å². The quantitative estimate of drug-likeness (QED) is 0.300. The molecule has 0 aromatic heterocycles. The summed E-state index contributed by atoms with van der Waals surface area (Å²) in [6.45, 7) is -0.407. The van der Waals surface area contributed by atoms with E-state index in [1.54, 1.807) is 24.3 Å². The van der Waals surface area contributed by atoms with Gasteiger partial charge in [0.25, 0.3) is 5.69 Å². The molecule has 0 bridgehead atoms. The van der Waals surface area contributed by atoms with Crippen LogP contribution in [0.5, 0.6) is 0 Å². The summed E-state index contributed by atoms with van der Waals surface area (Å²) in [6.07, 6.45) is -5.33. The lowest BCUT2D eigenvalue weighted by Crippen LogP contribution is -2.30. The smallest absolute Gasteiger partial charge is 0.367 e. The van der Waals surface area contributed by atoms with Crippen molar-refractivity contribution in [3.05, 3.63) is 105 Å². The summed E-state index contributed by atoms with van der Waals surface area (Å²) in [5, 5.41) is 11.6. The van der Waals surface area contributed by atoms with Gasteiger partial charge >= 0.3 is 6.18 Å². The first-order valence-electron chi connectivity index (χ1n) is 9.73. The summed E-state index contributed by atoms with van der Waals surface area (Å²) in [5.74, 6) is 0. The number of halogens is 4. The van der Waals surface area contributed by atoms with E-state index in [9.17, 15) is 31.7 Å². The van der Waals surface area contributed by atoms with Crippen molar-refractivity contribution in [1.82, 2.24) is 4.72 Å². The van der Waals surface area contributed by atoms with Crippen LogP contribution >= 0.6 is 11.6 Å². The topological polar surface area (TPSA) is 98.5 Å². The second-order valence-electron chi connectivity index (χ2n) is 7.12. The zero-order valence-electron chi connectivity index (χ0n) is 17.3. The Balaban J connectivity index is 1.79. The lowest BCUT2D eigenvalue weighted by Gasteiger charge is -2.20. The molecule has 1 atom stereocenters. The van der Waals surface area contributed by atoms with Crippen LogP contribution in [0, 0.1) is 10.1 Å². The maximum atomic E-state index is 12.8. The third-order valence-electron chi connectivity index (χ3n) is 4.78. The monoisotopic (exact) mass is 514 g/mol. The molecule has 0 fully saturated rings. The van der Waals surface area contributed by atoms with Gasteiger partial charge in [-0.1, -0.05) is 48.0 Å². The molecule has 7 nitrogen and oxygen atoms in total. The van der Waals surface area contributed by atoms with Crippen LogP contribution in [0.25, 0.3) is 0 Å². The van der Waals surface area contributed by atoms with E-state index in [0.717, 1.165) is 24.3 Å². The van der Waals surface area contributed by atoms with E-state index < -0.39 is 43.4 Å². The zero-order chi connectivity index (χ0) is 24.9. The molecule has 1 unspecified atom stereocenters. The predicted molar refractivity (Wildman–Crippen MR) is 119 cm³/mol.